The zero-order chi connectivity index (χ0) is 11.3. The van der Waals surface area contributed by atoms with Crippen molar-refractivity contribution in [2.75, 3.05) is 12.0 Å². The molecule has 0 bridgehead atoms. The zero-order valence-corrected chi connectivity index (χ0v) is 7.86. The number of carbonyl (C=O) groups excluding carboxylic acids is 2. The molecule has 1 heterocycles. The van der Waals surface area contributed by atoms with Crippen molar-refractivity contribution in [2.24, 2.45) is 11.6 Å². The van der Waals surface area contributed by atoms with Crippen molar-refractivity contribution < 1.29 is 9.59 Å². The molecule has 15 heavy (non-hydrogen) atoms. The largest absolute Gasteiger partial charge is 0.368 e. The molecular weight excluding hydrogens is 198 g/mol. The van der Waals surface area contributed by atoms with Crippen LogP contribution in [0.3, 0.4) is 0 Å². The van der Waals surface area contributed by atoms with Gasteiger partial charge in [-0.2, -0.15) is 0 Å². The highest BCUT2D eigenvalue weighted by atomic mass is 16.2. The Morgan fingerprint density at radius 2 is 2.20 bits per heavy atom. The van der Waals surface area contributed by atoms with Gasteiger partial charge in [0.15, 0.2) is 5.82 Å². The number of nitrogens with two attached hydrogens (primary N) is 2. The molecule has 1 aromatic rings. The van der Waals surface area contributed by atoms with E-state index < -0.39 is 11.8 Å². The molecule has 1 rings (SSSR count). The second-order valence-corrected chi connectivity index (χ2v) is 2.69. The van der Waals surface area contributed by atoms with Crippen LogP contribution < -0.4 is 22.3 Å². The molecule has 0 aliphatic carbocycles. The average molecular weight is 209 g/mol. The summed E-state index contributed by atoms with van der Waals surface area (Å²) in [7, 11) is 0. The van der Waals surface area contributed by atoms with E-state index in [0.717, 1.165) is 0 Å². The maximum atomic E-state index is 11.5. The Kier molecular flexibility index (Phi) is 3.58. The summed E-state index contributed by atoms with van der Waals surface area (Å²) in [6.45, 7) is -0.224. The monoisotopic (exact) mass is 209 g/mol. The van der Waals surface area contributed by atoms with Crippen molar-refractivity contribution in [1.82, 2.24) is 10.3 Å². The van der Waals surface area contributed by atoms with Gasteiger partial charge in [0.2, 0.25) is 5.91 Å². The molecule has 80 valence electrons. The predicted molar refractivity (Wildman–Crippen MR) is 53.6 cm³/mol. The van der Waals surface area contributed by atoms with Crippen molar-refractivity contribution in [1.29, 1.82) is 0 Å². The van der Waals surface area contributed by atoms with Crippen LogP contribution in [0.5, 0.6) is 0 Å². The lowest BCUT2D eigenvalue weighted by atomic mass is 10.2. The first kappa shape index (κ1) is 10.9. The third-order valence-electron chi connectivity index (χ3n) is 1.61. The fourth-order valence-corrected chi connectivity index (χ4v) is 0.966. The normalized spacial score (nSPS) is 9.40. The van der Waals surface area contributed by atoms with Gasteiger partial charge >= 0.3 is 0 Å². The van der Waals surface area contributed by atoms with Crippen LogP contribution in [0.4, 0.5) is 5.82 Å². The summed E-state index contributed by atoms with van der Waals surface area (Å²) >= 11 is 0. The second kappa shape index (κ2) is 4.91. The van der Waals surface area contributed by atoms with E-state index in [1.54, 1.807) is 6.07 Å². The van der Waals surface area contributed by atoms with Crippen molar-refractivity contribution in [3.05, 3.63) is 23.9 Å². The minimum absolute atomic E-state index is 0.224. The molecule has 0 saturated carbocycles. The van der Waals surface area contributed by atoms with E-state index in [9.17, 15) is 9.59 Å². The number of nitrogens with one attached hydrogen (secondary N) is 2. The van der Waals surface area contributed by atoms with Crippen LogP contribution in [-0.2, 0) is 4.79 Å². The Labute approximate surface area is 85.8 Å². The van der Waals surface area contributed by atoms with Gasteiger partial charge in [-0.15, -0.1) is 0 Å². The van der Waals surface area contributed by atoms with E-state index in [2.05, 4.69) is 15.7 Å². The van der Waals surface area contributed by atoms with Gasteiger partial charge in [0.25, 0.3) is 5.91 Å². The van der Waals surface area contributed by atoms with Gasteiger partial charge in [-0.05, 0) is 12.1 Å². The number of primary amides is 1. The standard InChI is InChI=1S/C8H11N5O2/c9-6(14)4-12-8(15)5-2-1-3-11-7(5)13-10/h1-3H,4,10H2,(H2,9,14)(H,11,13)(H,12,15). The lowest BCUT2D eigenvalue weighted by Gasteiger charge is -2.06. The van der Waals surface area contributed by atoms with Gasteiger partial charge in [0, 0.05) is 6.20 Å². The summed E-state index contributed by atoms with van der Waals surface area (Å²) in [4.78, 5) is 25.7. The molecule has 0 unspecified atom stereocenters. The van der Waals surface area contributed by atoms with E-state index in [-0.39, 0.29) is 17.9 Å². The Hall–Kier alpha value is -2.15. The van der Waals surface area contributed by atoms with Crippen LogP contribution in [0.15, 0.2) is 18.3 Å². The van der Waals surface area contributed by atoms with Crippen LogP contribution in [0, 0.1) is 0 Å². The second-order valence-electron chi connectivity index (χ2n) is 2.69. The maximum absolute atomic E-state index is 11.5. The highest BCUT2D eigenvalue weighted by Crippen LogP contribution is 2.08. The van der Waals surface area contributed by atoms with Crippen LogP contribution in [0.2, 0.25) is 0 Å². The van der Waals surface area contributed by atoms with Crippen molar-refractivity contribution in [2.45, 2.75) is 0 Å². The van der Waals surface area contributed by atoms with Crippen molar-refractivity contribution in [3.8, 4) is 0 Å². The Morgan fingerprint density at radius 3 is 2.80 bits per heavy atom. The maximum Gasteiger partial charge on any atom is 0.255 e. The Balaban J connectivity index is 2.77. The molecule has 7 nitrogen and oxygen atoms in total. The number of carbonyl (C=O) groups is 2. The first-order chi connectivity index (χ1) is 7.15. The first-order valence-corrected chi connectivity index (χ1v) is 4.13. The van der Waals surface area contributed by atoms with Crippen LogP contribution >= 0.6 is 0 Å². The number of nitrogen functional groups attached to an aromatic ring is 1. The minimum Gasteiger partial charge on any atom is -0.368 e. The number of pyridine rings is 1. The molecular formula is C8H11N5O2. The van der Waals surface area contributed by atoms with E-state index >= 15 is 0 Å². The van der Waals surface area contributed by atoms with Gasteiger partial charge in [-0.3, -0.25) is 9.59 Å². The SMILES string of the molecule is NNc1ncccc1C(=O)NCC(N)=O. The molecule has 0 aliphatic rings. The number of hydrogen-bond donors (Lipinski definition) is 4. The van der Waals surface area contributed by atoms with Crippen LogP contribution in [0.1, 0.15) is 10.4 Å². The first-order valence-electron chi connectivity index (χ1n) is 4.13. The lowest BCUT2D eigenvalue weighted by Crippen LogP contribution is -2.34. The molecule has 1 aromatic heterocycles. The molecule has 0 radical (unpaired) electrons. The third kappa shape index (κ3) is 2.92. The number of nitrogens with zero attached hydrogens (tertiary/aromatic N) is 1. The molecule has 0 fully saturated rings. The summed E-state index contributed by atoms with van der Waals surface area (Å²) in [6, 6.07) is 3.11. The fraction of sp³-hybridized carbons (Fsp3) is 0.125. The molecule has 6 N–H and O–H groups in total. The Morgan fingerprint density at radius 1 is 1.47 bits per heavy atom. The molecule has 2 amide bonds. The van der Waals surface area contributed by atoms with Gasteiger partial charge in [-0.1, -0.05) is 0 Å². The van der Waals surface area contributed by atoms with E-state index in [1.165, 1.54) is 12.3 Å². The summed E-state index contributed by atoms with van der Waals surface area (Å²) in [5.41, 5.74) is 7.41. The lowest BCUT2D eigenvalue weighted by molar-refractivity contribution is -0.117. The zero-order valence-electron chi connectivity index (χ0n) is 7.86. The molecule has 7 heteroatoms. The number of anilines is 1. The summed E-state index contributed by atoms with van der Waals surface area (Å²) in [6.07, 6.45) is 1.49. The Bertz CT molecular complexity index is 379. The van der Waals surface area contributed by atoms with Crippen molar-refractivity contribution >= 4 is 17.6 Å². The fourth-order valence-electron chi connectivity index (χ4n) is 0.966. The highest BCUT2D eigenvalue weighted by molar-refractivity contribution is 6.00. The number of hydrogen-bond acceptors (Lipinski definition) is 5. The minimum atomic E-state index is -0.616. The molecule has 0 aliphatic heterocycles. The van der Waals surface area contributed by atoms with E-state index in [4.69, 9.17) is 11.6 Å². The van der Waals surface area contributed by atoms with E-state index in [1.807, 2.05) is 0 Å². The van der Waals surface area contributed by atoms with Gasteiger partial charge in [0.1, 0.15) is 0 Å². The molecule has 0 aromatic carbocycles. The molecule has 0 atom stereocenters. The summed E-state index contributed by atoms with van der Waals surface area (Å²) in [5, 5.41) is 2.32. The highest BCUT2D eigenvalue weighted by Gasteiger charge is 2.11. The molecule has 0 spiro atoms. The van der Waals surface area contributed by atoms with Gasteiger partial charge in [-0.25, -0.2) is 10.8 Å². The number of amides is 2. The van der Waals surface area contributed by atoms with Gasteiger partial charge in [0.05, 0.1) is 12.1 Å². The number of aromatic nitrogens is 1. The molecule has 0 saturated heterocycles. The smallest absolute Gasteiger partial charge is 0.255 e. The topological polar surface area (TPSA) is 123 Å². The number of rotatable bonds is 4. The van der Waals surface area contributed by atoms with Crippen molar-refractivity contribution in [3.63, 3.8) is 0 Å². The van der Waals surface area contributed by atoms with Crippen LogP contribution in [-0.4, -0.2) is 23.3 Å². The van der Waals surface area contributed by atoms with Crippen LogP contribution in [0.25, 0.3) is 0 Å². The van der Waals surface area contributed by atoms with Gasteiger partial charge < -0.3 is 16.5 Å². The summed E-state index contributed by atoms with van der Waals surface area (Å²) < 4.78 is 0. The van der Waals surface area contributed by atoms with E-state index in [0.29, 0.717) is 0 Å². The number of hydrazine groups is 1. The predicted octanol–water partition coefficient (Wildman–Crippen LogP) is -1.42. The average Bonchev–Trinajstić information content (AvgIpc) is 2.25. The quantitative estimate of drug-likeness (QED) is 0.358. The third-order valence-corrected chi connectivity index (χ3v) is 1.61. The summed E-state index contributed by atoms with van der Waals surface area (Å²) in [5.74, 6) is 4.32.